The molecule has 5 aromatic rings. The largest absolute Gasteiger partial charge is 0.379 e. The van der Waals surface area contributed by atoms with Gasteiger partial charge in [-0.2, -0.15) is 0 Å². The van der Waals surface area contributed by atoms with Gasteiger partial charge in [-0.1, -0.05) is 147 Å². The van der Waals surface area contributed by atoms with Crippen LogP contribution >= 0.6 is 0 Å². The summed E-state index contributed by atoms with van der Waals surface area (Å²) < 4.78 is 0. The summed E-state index contributed by atoms with van der Waals surface area (Å²) >= 11 is 0. The number of rotatable bonds is 6. The Kier molecular flexibility index (Phi) is 7.65. The van der Waals surface area contributed by atoms with Gasteiger partial charge < -0.3 is 10.6 Å². The van der Waals surface area contributed by atoms with E-state index >= 15 is 0 Å². The molecule has 0 spiro atoms. The van der Waals surface area contributed by atoms with Crippen molar-refractivity contribution in [3.05, 3.63) is 166 Å². The molecule has 0 saturated heterocycles. The lowest BCUT2D eigenvalue weighted by Gasteiger charge is -2.33. The minimum atomic E-state index is 0.0412. The van der Waals surface area contributed by atoms with Gasteiger partial charge in [0.25, 0.3) is 0 Å². The fourth-order valence-electron chi connectivity index (χ4n) is 8.07. The second-order valence-electron chi connectivity index (χ2n) is 13.7. The summed E-state index contributed by atoms with van der Waals surface area (Å²) in [6, 6.07) is 30.9. The van der Waals surface area contributed by atoms with Gasteiger partial charge in [0.05, 0.1) is 34.3 Å². The van der Waals surface area contributed by atoms with Gasteiger partial charge in [0.2, 0.25) is 0 Å². The van der Waals surface area contributed by atoms with Gasteiger partial charge in [-0.05, 0) is 57.0 Å². The second kappa shape index (κ2) is 12.6. The number of fused-ring (bicyclic) bond motifs is 7. The van der Waals surface area contributed by atoms with E-state index in [1.54, 1.807) is 0 Å². The van der Waals surface area contributed by atoms with Crippen molar-refractivity contribution in [1.82, 2.24) is 4.98 Å². The molecule has 0 fully saturated rings. The van der Waals surface area contributed by atoms with E-state index in [0.29, 0.717) is 5.92 Å². The zero-order valence-corrected chi connectivity index (χ0v) is 28.5. The summed E-state index contributed by atoms with van der Waals surface area (Å²) in [5, 5.41) is 11.0. The maximum Gasteiger partial charge on any atom is 0.0945 e. The molecule has 3 aliphatic heterocycles. The van der Waals surface area contributed by atoms with Crippen LogP contribution in [0, 0.1) is 11.8 Å². The Labute approximate surface area is 293 Å². The average Bonchev–Trinajstić information content (AvgIpc) is 3.18. The molecule has 0 bridgehead atoms. The van der Waals surface area contributed by atoms with Crippen LogP contribution in [0.3, 0.4) is 0 Å². The number of nitrogens with one attached hydrogen (secondary N) is 2. The van der Waals surface area contributed by atoms with Gasteiger partial charge in [0.15, 0.2) is 0 Å². The first-order chi connectivity index (χ1) is 24.7. The van der Waals surface area contributed by atoms with Crippen molar-refractivity contribution < 1.29 is 0 Å². The third-order valence-electron chi connectivity index (χ3n) is 10.7. The standard InChI is InChI=1S/C46H40N4/c1-3-31(15-14-30-10-5-4-6-11-30)41-38-13-7-9-29(2)42(38)50-46-39(41)24-21-35-22-25-40(49-44(35)46)33-18-16-32(17-19-33)36-26-28-48-45-37(36)23-20-34-12-8-27-47-43(34)45/h4-26,28-29,31,40,42,47,49H,3,27H2,1-2H3/b15-14-/t29-,31?,40?,42?/m1/s1. The van der Waals surface area contributed by atoms with Gasteiger partial charge in [-0.25, -0.2) is 0 Å². The summed E-state index contributed by atoms with van der Waals surface area (Å²) in [5.41, 5.74) is 13.2. The van der Waals surface area contributed by atoms with Crippen molar-refractivity contribution in [2.24, 2.45) is 16.8 Å². The van der Waals surface area contributed by atoms with E-state index in [2.05, 4.69) is 164 Å². The van der Waals surface area contributed by atoms with Crippen LogP contribution in [0.1, 0.15) is 48.6 Å². The van der Waals surface area contributed by atoms with Crippen LogP contribution in [0.15, 0.2) is 138 Å². The van der Waals surface area contributed by atoms with Gasteiger partial charge in [-0.15, -0.1) is 0 Å². The number of aromatic nitrogens is 1. The Balaban J connectivity index is 1.09. The van der Waals surface area contributed by atoms with E-state index < -0.39 is 0 Å². The molecule has 3 unspecified atom stereocenters. The third kappa shape index (κ3) is 5.23. The molecule has 0 radical (unpaired) electrons. The van der Waals surface area contributed by atoms with Gasteiger partial charge in [-0.3, -0.25) is 9.98 Å². The molecular formula is C46H40N4. The van der Waals surface area contributed by atoms with Crippen LogP contribution < -0.4 is 21.2 Å². The Bertz CT molecular complexity index is 2410. The zero-order chi connectivity index (χ0) is 33.6. The molecular weight excluding hydrogens is 609 g/mol. The number of pyridine rings is 1. The number of hydrogen-bond acceptors (Lipinski definition) is 4. The number of allylic oxidation sites excluding steroid dienone is 3. The molecule has 4 heteroatoms. The Morgan fingerprint density at radius 2 is 1.72 bits per heavy atom. The Morgan fingerprint density at radius 3 is 2.58 bits per heavy atom. The molecule has 4 aromatic carbocycles. The average molecular weight is 649 g/mol. The highest BCUT2D eigenvalue weighted by Crippen LogP contribution is 2.38. The SMILES string of the molecule is CCC(/C=C\c1ccccc1)C1=c2ccc3c(c2=NC2C1=CC=C[C@H]2C)NC(c1ccc(-c2ccnc4c5c(ccc24)C=CCN5)cc1)C=C3. The normalized spacial score (nSPS) is 20.6. The Hall–Kier alpha value is -5.74. The van der Waals surface area contributed by atoms with Crippen molar-refractivity contribution in [2.45, 2.75) is 32.4 Å². The van der Waals surface area contributed by atoms with E-state index in [1.807, 2.05) is 6.20 Å². The predicted molar refractivity (Wildman–Crippen MR) is 210 cm³/mol. The van der Waals surface area contributed by atoms with Crippen molar-refractivity contribution in [1.29, 1.82) is 0 Å². The van der Waals surface area contributed by atoms with Gasteiger partial charge >= 0.3 is 0 Å². The lowest BCUT2D eigenvalue weighted by Crippen LogP contribution is -2.42. The Morgan fingerprint density at radius 1 is 0.880 bits per heavy atom. The van der Waals surface area contributed by atoms with Gasteiger partial charge in [0.1, 0.15) is 0 Å². The van der Waals surface area contributed by atoms with E-state index in [0.717, 1.165) is 40.6 Å². The molecule has 1 aliphatic carbocycles. The third-order valence-corrected chi connectivity index (χ3v) is 10.7. The molecule has 1 aromatic heterocycles. The van der Waals surface area contributed by atoms with Crippen LogP contribution in [-0.2, 0) is 0 Å². The molecule has 9 rings (SSSR count). The fourth-order valence-corrected chi connectivity index (χ4v) is 8.07. The lowest BCUT2D eigenvalue weighted by molar-refractivity contribution is 0.583. The van der Waals surface area contributed by atoms with Crippen LogP contribution in [0.25, 0.3) is 45.8 Å². The molecule has 4 atom stereocenters. The summed E-state index contributed by atoms with van der Waals surface area (Å²) in [7, 11) is 0. The number of benzene rings is 4. The maximum absolute atomic E-state index is 5.51. The summed E-state index contributed by atoms with van der Waals surface area (Å²) in [6.45, 7) is 5.42. The van der Waals surface area contributed by atoms with E-state index in [4.69, 9.17) is 9.98 Å². The smallest absolute Gasteiger partial charge is 0.0945 e. The van der Waals surface area contributed by atoms with Crippen molar-refractivity contribution in [3.8, 4) is 11.1 Å². The van der Waals surface area contributed by atoms with E-state index in [9.17, 15) is 0 Å². The zero-order valence-electron chi connectivity index (χ0n) is 28.5. The van der Waals surface area contributed by atoms with Gasteiger partial charge in [0, 0.05) is 35.2 Å². The predicted octanol–water partition coefficient (Wildman–Crippen LogP) is 9.54. The maximum atomic E-state index is 5.51. The summed E-state index contributed by atoms with van der Waals surface area (Å²) in [6.07, 6.45) is 23.3. The molecule has 4 aliphatic rings. The number of hydrogen-bond donors (Lipinski definition) is 2. The molecule has 0 saturated carbocycles. The van der Waals surface area contributed by atoms with Crippen molar-refractivity contribution in [2.75, 3.05) is 17.2 Å². The number of anilines is 2. The first kappa shape index (κ1) is 30.3. The molecule has 50 heavy (non-hydrogen) atoms. The highest BCUT2D eigenvalue weighted by Gasteiger charge is 2.31. The molecule has 4 heterocycles. The fraction of sp³-hybridized carbons (Fsp3) is 0.174. The molecule has 244 valence electrons. The van der Waals surface area contributed by atoms with Crippen LogP contribution in [0.5, 0.6) is 0 Å². The first-order valence-electron chi connectivity index (χ1n) is 17.9. The number of nitrogens with zero attached hydrogens (tertiary/aromatic N) is 2. The molecule has 0 amide bonds. The topological polar surface area (TPSA) is 49.3 Å². The lowest BCUT2D eigenvalue weighted by atomic mass is 9.77. The van der Waals surface area contributed by atoms with Crippen molar-refractivity contribution >= 4 is 46.1 Å². The molecule has 4 nitrogen and oxygen atoms in total. The van der Waals surface area contributed by atoms with E-state index in [1.165, 1.54) is 49.7 Å². The summed E-state index contributed by atoms with van der Waals surface area (Å²) in [5.74, 6) is 0.605. The second-order valence-corrected chi connectivity index (χ2v) is 13.7. The highest BCUT2D eigenvalue weighted by molar-refractivity contribution is 6.03. The minimum Gasteiger partial charge on any atom is -0.379 e. The minimum absolute atomic E-state index is 0.0412. The highest BCUT2D eigenvalue weighted by atomic mass is 15.0. The van der Waals surface area contributed by atoms with Crippen LogP contribution in [-0.4, -0.2) is 17.6 Å². The molecule has 2 N–H and O–H groups in total. The quantitative estimate of drug-likeness (QED) is 0.193. The van der Waals surface area contributed by atoms with Crippen LogP contribution in [0.2, 0.25) is 0 Å². The van der Waals surface area contributed by atoms with Crippen molar-refractivity contribution in [3.63, 3.8) is 0 Å². The monoisotopic (exact) mass is 648 g/mol. The van der Waals surface area contributed by atoms with E-state index in [-0.39, 0.29) is 18.0 Å². The first-order valence-corrected chi connectivity index (χ1v) is 17.9. The summed E-state index contributed by atoms with van der Waals surface area (Å²) in [4.78, 5) is 10.3. The van der Waals surface area contributed by atoms with Crippen LogP contribution in [0.4, 0.5) is 11.4 Å².